The summed E-state index contributed by atoms with van der Waals surface area (Å²) >= 11 is 0. The quantitative estimate of drug-likeness (QED) is 0.846. The molecule has 21 heavy (non-hydrogen) atoms. The van der Waals surface area contributed by atoms with Gasteiger partial charge in [-0.2, -0.15) is 0 Å². The zero-order valence-corrected chi connectivity index (χ0v) is 12.0. The van der Waals surface area contributed by atoms with E-state index in [2.05, 4.69) is 11.9 Å². The number of ether oxygens (including phenoxy) is 2. The molecule has 2 heterocycles. The molecule has 5 nitrogen and oxygen atoms in total. The summed E-state index contributed by atoms with van der Waals surface area (Å²) in [6, 6.07) is 7.39. The lowest BCUT2D eigenvalue weighted by Gasteiger charge is -2.25. The summed E-state index contributed by atoms with van der Waals surface area (Å²) in [5, 5.41) is 0. The molecular formula is C16H18N2O3. The number of hydrogen-bond donors (Lipinski definition) is 0. The van der Waals surface area contributed by atoms with Crippen molar-refractivity contribution < 1.29 is 14.3 Å². The van der Waals surface area contributed by atoms with E-state index in [0.29, 0.717) is 11.5 Å². The number of aryl methyl sites for hydroxylation is 1. The van der Waals surface area contributed by atoms with E-state index in [4.69, 9.17) is 9.47 Å². The Morgan fingerprint density at radius 3 is 3.00 bits per heavy atom. The Kier molecular flexibility index (Phi) is 3.90. The van der Waals surface area contributed by atoms with Gasteiger partial charge in [-0.05, 0) is 18.6 Å². The van der Waals surface area contributed by atoms with Crippen LogP contribution in [-0.2, 0) is 17.8 Å². The lowest BCUT2D eigenvalue weighted by atomic mass is 10.1. The molecule has 0 fully saturated rings. The molecule has 1 aliphatic heterocycles. The lowest BCUT2D eigenvalue weighted by Crippen LogP contribution is -2.37. The number of nitrogens with zero attached hydrogens (tertiary/aromatic N) is 2. The Morgan fingerprint density at radius 1 is 1.38 bits per heavy atom. The van der Waals surface area contributed by atoms with Crippen LogP contribution in [0.2, 0.25) is 0 Å². The van der Waals surface area contributed by atoms with Crippen molar-refractivity contribution in [2.24, 2.45) is 0 Å². The molecule has 5 heteroatoms. The number of benzene rings is 1. The van der Waals surface area contributed by atoms with E-state index < -0.39 is 6.10 Å². The molecule has 0 amide bonds. The summed E-state index contributed by atoms with van der Waals surface area (Å²) in [7, 11) is 0. The van der Waals surface area contributed by atoms with Gasteiger partial charge in [-0.25, -0.2) is 4.98 Å². The molecule has 110 valence electrons. The highest BCUT2D eigenvalue weighted by Gasteiger charge is 2.27. The first-order valence-corrected chi connectivity index (χ1v) is 7.19. The third-order valence-electron chi connectivity index (χ3n) is 3.47. The Labute approximate surface area is 123 Å². The number of imidazole rings is 1. The molecule has 1 aromatic heterocycles. The van der Waals surface area contributed by atoms with Crippen LogP contribution in [0.1, 0.15) is 19.2 Å². The third-order valence-corrected chi connectivity index (χ3v) is 3.47. The Hall–Kier alpha value is -2.30. The van der Waals surface area contributed by atoms with Crippen LogP contribution in [0.15, 0.2) is 36.7 Å². The average molecular weight is 286 g/mol. The van der Waals surface area contributed by atoms with Gasteiger partial charge in [-0.1, -0.05) is 19.1 Å². The summed E-state index contributed by atoms with van der Waals surface area (Å²) < 4.78 is 13.3. The number of carbonyl (C=O) groups excluding carboxylic acids is 1. The highest BCUT2D eigenvalue weighted by atomic mass is 16.6. The third kappa shape index (κ3) is 2.91. The van der Waals surface area contributed by atoms with Gasteiger partial charge in [0.1, 0.15) is 12.4 Å². The van der Waals surface area contributed by atoms with Crippen molar-refractivity contribution in [1.29, 1.82) is 0 Å². The van der Waals surface area contributed by atoms with Crippen molar-refractivity contribution in [2.75, 3.05) is 6.61 Å². The van der Waals surface area contributed by atoms with Gasteiger partial charge in [0.25, 0.3) is 0 Å². The predicted molar refractivity (Wildman–Crippen MR) is 77.6 cm³/mol. The van der Waals surface area contributed by atoms with Crippen LogP contribution < -0.4 is 9.47 Å². The van der Waals surface area contributed by atoms with Crippen molar-refractivity contribution in [2.45, 2.75) is 32.4 Å². The number of carbonyl (C=O) groups is 1. The highest BCUT2D eigenvalue weighted by molar-refractivity contribution is 5.85. The van der Waals surface area contributed by atoms with Crippen LogP contribution in [0.3, 0.4) is 0 Å². The smallest absolute Gasteiger partial charge is 0.191 e. The van der Waals surface area contributed by atoms with Gasteiger partial charge in [-0.3, -0.25) is 4.79 Å². The van der Waals surface area contributed by atoms with E-state index in [1.165, 1.54) is 0 Å². The van der Waals surface area contributed by atoms with E-state index in [1.54, 1.807) is 6.20 Å². The maximum Gasteiger partial charge on any atom is 0.191 e. The van der Waals surface area contributed by atoms with Crippen LogP contribution in [0, 0.1) is 0 Å². The second-order valence-corrected chi connectivity index (χ2v) is 5.04. The fraction of sp³-hybridized carbons (Fsp3) is 0.375. The van der Waals surface area contributed by atoms with Crippen molar-refractivity contribution in [3.05, 3.63) is 42.5 Å². The molecule has 1 atom stereocenters. The lowest BCUT2D eigenvalue weighted by molar-refractivity contribution is -0.127. The van der Waals surface area contributed by atoms with E-state index in [9.17, 15) is 4.79 Å². The first kappa shape index (κ1) is 13.7. The molecular weight excluding hydrogens is 268 g/mol. The van der Waals surface area contributed by atoms with Crippen LogP contribution in [0.5, 0.6) is 11.5 Å². The highest BCUT2D eigenvalue weighted by Crippen LogP contribution is 2.31. The van der Waals surface area contributed by atoms with Gasteiger partial charge in [-0.15, -0.1) is 0 Å². The molecule has 0 spiro atoms. The summed E-state index contributed by atoms with van der Waals surface area (Å²) in [5.41, 5.74) is 0. The SMILES string of the molecule is CCCn1ccnc1CC(=O)C1COc2ccccc2O1. The molecule has 2 aromatic rings. The van der Waals surface area contributed by atoms with Gasteiger partial charge in [0.15, 0.2) is 23.4 Å². The minimum Gasteiger partial charge on any atom is -0.485 e. The minimum absolute atomic E-state index is 0.00643. The van der Waals surface area contributed by atoms with Crippen molar-refractivity contribution in [1.82, 2.24) is 9.55 Å². The Bertz CT molecular complexity index is 636. The topological polar surface area (TPSA) is 53.4 Å². The standard InChI is InChI=1S/C16H18N2O3/c1-2-8-18-9-7-17-16(18)10-12(19)15-11-20-13-5-3-4-6-14(13)21-15/h3-7,9,15H,2,8,10-11H2,1H3. The molecule has 1 aliphatic rings. The van der Waals surface area contributed by atoms with Crippen LogP contribution in [0.4, 0.5) is 0 Å². The molecule has 0 N–H and O–H groups in total. The van der Waals surface area contributed by atoms with Gasteiger partial charge in [0, 0.05) is 18.9 Å². The molecule has 1 unspecified atom stereocenters. The molecule has 0 saturated carbocycles. The van der Waals surface area contributed by atoms with Crippen LogP contribution in [-0.4, -0.2) is 28.0 Å². The number of Topliss-reactive ketones (excluding diaryl/α,β-unsaturated/α-hetero) is 1. The fourth-order valence-corrected chi connectivity index (χ4v) is 2.40. The van der Waals surface area contributed by atoms with E-state index >= 15 is 0 Å². The number of aromatic nitrogens is 2. The van der Waals surface area contributed by atoms with E-state index in [0.717, 1.165) is 18.8 Å². The van der Waals surface area contributed by atoms with Gasteiger partial charge in [0.05, 0.1) is 6.42 Å². The second kappa shape index (κ2) is 5.99. The summed E-state index contributed by atoms with van der Waals surface area (Å²) in [6.45, 7) is 3.22. The van der Waals surface area contributed by atoms with E-state index in [-0.39, 0.29) is 18.8 Å². The van der Waals surface area contributed by atoms with Crippen molar-refractivity contribution in [3.8, 4) is 11.5 Å². The van der Waals surface area contributed by atoms with Crippen molar-refractivity contribution >= 4 is 5.78 Å². The molecule has 3 rings (SSSR count). The summed E-state index contributed by atoms with van der Waals surface area (Å²) in [4.78, 5) is 16.6. The number of hydrogen-bond acceptors (Lipinski definition) is 4. The average Bonchev–Trinajstić information content (AvgIpc) is 2.94. The molecule has 0 radical (unpaired) electrons. The maximum absolute atomic E-state index is 12.4. The molecule has 1 aromatic carbocycles. The monoisotopic (exact) mass is 286 g/mol. The number of ketones is 1. The normalized spacial score (nSPS) is 16.7. The Morgan fingerprint density at radius 2 is 2.19 bits per heavy atom. The van der Waals surface area contributed by atoms with Gasteiger partial charge < -0.3 is 14.0 Å². The fourth-order valence-electron chi connectivity index (χ4n) is 2.40. The number of rotatable bonds is 5. The number of para-hydroxylation sites is 2. The van der Waals surface area contributed by atoms with Gasteiger partial charge in [0.2, 0.25) is 0 Å². The van der Waals surface area contributed by atoms with Crippen LogP contribution >= 0.6 is 0 Å². The predicted octanol–water partition coefficient (Wildman–Crippen LogP) is 2.24. The molecule has 0 bridgehead atoms. The van der Waals surface area contributed by atoms with Crippen LogP contribution in [0.25, 0.3) is 0 Å². The largest absolute Gasteiger partial charge is 0.485 e. The molecule has 0 aliphatic carbocycles. The minimum atomic E-state index is -0.563. The molecule has 0 saturated heterocycles. The van der Waals surface area contributed by atoms with Gasteiger partial charge >= 0.3 is 0 Å². The Balaban J connectivity index is 1.68. The summed E-state index contributed by atoms with van der Waals surface area (Å²) in [5.74, 6) is 2.09. The van der Waals surface area contributed by atoms with E-state index in [1.807, 2.05) is 35.0 Å². The zero-order valence-electron chi connectivity index (χ0n) is 12.0. The van der Waals surface area contributed by atoms with Crippen molar-refractivity contribution in [3.63, 3.8) is 0 Å². The zero-order chi connectivity index (χ0) is 14.7. The first-order valence-electron chi connectivity index (χ1n) is 7.19. The second-order valence-electron chi connectivity index (χ2n) is 5.04. The maximum atomic E-state index is 12.4. The number of fused-ring (bicyclic) bond motifs is 1. The first-order chi connectivity index (χ1) is 10.3. The summed E-state index contributed by atoms with van der Waals surface area (Å²) in [6.07, 6.45) is 4.34.